The van der Waals surface area contributed by atoms with E-state index in [1.165, 1.54) is 12.1 Å². The van der Waals surface area contributed by atoms with Gasteiger partial charge in [0.2, 0.25) is 5.91 Å². The molecule has 0 aliphatic heterocycles. The van der Waals surface area contributed by atoms with Crippen molar-refractivity contribution in [3.05, 3.63) is 34.6 Å². The van der Waals surface area contributed by atoms with Gasteiger partial charge in [0.05, 0.1) is 16.7 Å². The largest absolute Gasteiger partial charge is 0.387 e. The molecule has 0 heterocycles. The van der Waals surface area contributed by atoms with Crippen molar-refractivity contribution in [1.29, 1.82) is 0 Å². The van der Waals surface area contributed by atoms with Gasteiger partial charge in [-0.2, -0.15) is 0 Å². The number of rotatable bonds is 6. The molecule has 0 radical (unpaired) electrons. The Hall–Kier alpha value is -1.17. The Labute approximate surface area is 123 Å². The summed E-state index contributed by atoms with van der Waals surface area (Å²) in [6.45, 7) is 3.54. The summed E-state index contributed by atoms with van der Waals surface area (Å²) in [5.41, 5.74) is 5.24. The Morgan fingerprint density at radius 3 is 2.80 bits per heavy atom. The molecule has 2 unspecified atom stereocenters. The molecule has 0 aliphatic rings. The Bertz CT molecular complexity index is 480. The van der Waals surface area contributed by atoms with Crippen LogP contribution in [0.4, 0.5) is 4.39 Å². The first-order chi connectivity index (χ1) is 9.27. The lowest BCUT2D eigenvalue weighted by Gasteiger charge is -2.23. The van der Waals surface area contributed by atoms with E-state index in [-0.39, 0.29) is 17.5 Å². The molecule has 0 saturated carbocycles. The molecule has 0 aromatic heterocycles. The highest BCUT2D eigenvalue weighted by Gasteiger charge is 2.27. The molecule has 1 aromatic rings. The number of hydrogen-bond acceptors (Lipinski definition) is 3. The van der Waals surface area contributed by atoms with Crippen molar-refractivity contribution in [1.82, 2.24) is 5.32 Å². The fourth-order valence-electron chi connectivity index (χ4n) is 1.86. The minimum Gasteiger partial charge on any atom is -0.387 e. The summed E-state index contributed by atoms with van der Waals surface area (Å²) in [6, 6.07) is 4.02. The molecule has 2 atom stereocenters. The minimum atomic E-state index is -1.01. The first kappa shape index (κ1) is 16.9. The average molecular weight is 303 g/mol. The zero-order valence-electron chi connectivity index (χ0n) is 11.6. The van der Waals surface area contributed by atoms with E-state index in [0.717, 1.165) is 12.5 Å². The number of aliphatic hydroxyl groups is 1. The highest BCUT2D eigenvalue weighted by atomic mass is 35.5. The van der Waals surface area contributed by atoms with Crippen LogP contribution in [-0.4, -0.2) is 23.1 Å². The molecule has 20 heavy (non-hydrogen) atoms. The summed E-state index contributed by atoms with van der Waals surface area (Å²) in [5.74, 6) is -0.947. The number of carbonyl (C=O) groups is 1. The topological polar surface area (TPSA) is 75.4 Å². The Morgan fingerprint density at radius 1 is 1.60 bits per heavy atom. The van der Waals surface area contributed by atoms with Crippen molar-refractivity contribution in [3.8, 4) is 0 Å². The van der Waals surface area contributed by atoms with E-state index < -0.39 is 17.5 Å². The van der Waals surface area contributed by atoms with Crippen molar-refractivity contribution in [2.75, 3.05) is 6.54 Å². The van der Waals surface area contributed by atoms with E-state index in [1.807, 2.05) is 6.92 Å². The van der Waals surface area contributed by atoms with Crippen molar-refractivity contribution in [2.24, 2.45) is 5.73 Å². The van der Waals surface area contributed by atoms with Gasteiger partial charge < -0.3 is 16.2 Å². The van der Waals surface area contributed by atoms with Crippen molar-refractivity contribution < 1.29 is 14.3 Å². The summed E-state index contributed by atoms with van der Waals surface area (Å²) in [4.78, 5) is 11.9. The molecule has 4 N–H and O–H groups in total. The third-order valence-corrected chi connectivity index (χ3v) is 3.38. The van der Waals surface area contributed by atoms with Gasteiger partial charge in [-0.15, -0.1) is 0 Å². The zero-order chi connectivity index (χ0) is 15.3. The molecule has 6 heteroatoms. The molecule has 0 saturated heterocycles. The van der Waals surface area contributed by atoms with Crippen molar-refractivity contribution in [3.63, 3.8) is 0 Å². The normalized spacial score (nSPS) is 15.5. The molecular formula is C14H20ClFN2O2. The molecule has 1 aromatic carbocycles. The number of aliphatic hydroxyl groups excluding tert-OH is 1. The third kappa shape index (κ3) is 4.44. The van der Waals surface area contributed by atoms with Crippen LogP contribution in [0.5, 0.6) is 0 Å². The van der Waals surface area contributed by atoms with Crippen LogP contribution < -0.4 is 11.1 Å². The number of nitrogens with two attached hydrogens (primary N) is 1. The molecule has 0 bridgehead atoms. The fraction of sp³-hybridized carbons (Fsp3) is 0.500. The predicted octanol–water partition coefficient (Wildman–Crippen LogP) is 2.15. The average Bonchev–Trinajstić information content (AvgIpc) is 2.38. The van der Waals surface area contributed by atoms with Crippen molar-refractivity contribution >= 4 is 17.5 Å². The second-order valence-corrected chi connectivity index (χ2v) is 5.47. The van der Waals surface area contributed by atoms with Gasteiger partial charge in [0.15, 0.2) is 0 Å². The molecule has 4 nitrogen and oxygen atoms in total. The second kappa shape index (κ2) is 7.02. The van der Waals surface area contributed by atoms with Crippen LogP contribution in [-0.2, 0) is 4.79 Å². The minimum absolute atomic E-state index is 0.0116. The maximum atomic E-state index is 13.3. The summed E-state index contributed by atoms with van der Waals surface area (Å²) >= 11 is 5.56. The van der Waals surface area contributed by atoms with Crippen LogP contribution in [0.1, 0.15) is 38.4 Å². The van der Waals surface area contributed by atoms with E-state index >= 15 is 0 Å². The zero-order valence-corrected chi connectivity index (χ0v) is 12.4. The van der Waals surface area contributed by atoms with E-state index in [4.69, 9.17) is 17.3 Å². The quantitative estimate of drug-likeness (QED) is 0.753. The maximum absolute atomic E-state index is 13.3. The molecule has 112 valence electrons. The van der Waals surface area contributed by atoms with E-state index in [9.17, 15) is 14.3 Å². The van der Waals surface area contributed by atoms with Crippen molar-refractivity contribution in [2.45, 2.75) is 38.3 Å². The van der Waals surface area contributed by atoms with Gasteiger partial charge in [0.1, 0.15) is 5.82 Å². The van der Waals surface area contributed by atoms with Crippen LogP contribution in [0, 0.1) is 5.82 Å². The Morgan fingerprint density at radius 2 is 2.25 bits per heavy atom. The number of carbonyl (C=O) groups excluding carboxylic acids is 1. The lowest BCUT2D eigenvalue weighted by Crippen LogP contribution is -2.52. The number of nitrogens with one attached hydrogen (secondary N) is 1. The number of amides is 1. The van der Waals surface area contributed by atoms with Gasteiger partial charge in [-0.05, 0) is 31.0 Å². The standard InChI is InChI=1S/C14H20ClFN2O2/c1-3-6-14(2,17)13(20)18-8-12(19)9-4-5-10(15)11(16)7-9/h4-5,7,12,19H,3,6,8,17H2,1-2H3,(H,18,20). The summed E-state index contributed by atoms with van der Waals surface area (Å²) < 4.78 is 13.3. The van der Waals surface area contributed by atoms with Gasteiger partial charge in [-0.3, -0.25) is 4.79 Å². The summed E-state index contributed by atoms with van der Waals surface area (Å²) in [5, 5.41) is 12.5. The van der Waals surface area contributed by atoms with Crippen LogP contribution in [0.15, 0.2) is 18.2 Å². The Kier molecular flexibility index (Phi) is 5.92. The van der Waals surface area contributed by atoms with Gasteiger partial charge in [0, 0.05) is 6.54 Å². The number of benzene rings is 1. The SMILES string of the molecule is CCCC(C)(N)C(=O)NCC(O)c1ccc(Cl)c(F)c1. The van der Waals surface area contributed by atoms with Crippen LogP contribution in [0.25, 0.3) is 0 Å². The molecular weight excluding hydrogens is 283 g/mol. The van der Waals surface area contributed by atoms with Gasteiger partial charge in [-0.1, -0.05) is 31.0 Å². The lowest BCUT2D eigenvalue weighted by atomic mass is 9.96. The highest BCUT2D eigenvalue weighted by molar-refractivity contribution is 6.30. The smallest absolute Gasteiger partial charge is 0.239 e. The van der Waals surface area contributed by atoms with Crippen LogP contribution >= 0.6 is 11.6 Å². The van der Waals surface area contributed by atoms with Crippen LogP contribution in [0.2, 0.25) is 5.02 Å². The highest BCUT2D eigenvalue weighted by Crippen LogP contribution is 2.20. The molecule has 0 spiro atoms. The second-order valence-electron chi connectivity index (χ2n) is 5.07. The molecule has 0 fully saturated rings. The summed E-state index contributed by atoms with van der Waals surface area (Å²) in [7, 11) is 0. The lowest BCUT2D eigenvalue weighted by molar-refractivity contribution is -0.126. The number of halogens is 2. The van der Waals surface area contributed by atoms with Crippen LogP contribution in [0.3, 0.4) is 0 Å². The fourth-order valence-corrected chi connectivity index (χ4v) is 1.98. The predicted molar refractivity (Wildman–Crippen MR) is 76.9 cm³/mol. The van der Waals surface area contributed by atoms with Gasteiger partial charge in [-0.25, -0.2) is 4.39 Å². The van der Waals surface area contributed by atoms with E-state index in [2.05, 4.69) is 5.32 Å². The first-order valence-electron chi connectivity index (χ1n) is 6.48. The third-order valence-electron chi connectivity index (χ3n) is 3.07. The Balaban J connectivity index is 2.61. The summed E-state index contributed by atoms with van der Waals surface area (Å²) in [6.07, 6.45) is 0.318. The molecule has 1 amide bonds. The van der Waals surface area contributed by atoms with Gasteiger partial charge >= 0.3 is 0 Å². The van der Waals surface area contributed by atoms with E-state index in [1.54, 1.807) is 6.92 Å². The van der Waals surface area contributed by atoms with Gasteiger partial charge in [0.25, 0.3) is 0 Å². The monoisotopic (exact) mass is 302 g/mol. The maximum Gasteiger partial charge on any atom is 0.239 e. The number of hydrogen-bond donors (Lipinski definition) is 3. The first-order valence-corrected chi connectivity index (χ1v) is 6.86. The molecule has 1 rings (SSSR count). The van der Waals surface area contributed by atoms with E-state index in [0.29, 0.717) is 12.0 Å². The molecule has 0 aliphatic carbocycles.